The first-order valence-electron chi connectivity index (χ1n) is 4.50. The molecule has 0 fully saturated rings. The highest BCUT2D eigenvalue weighted by Gasteiger charge is 2.16. The number of hydrogen-bond donors (Lipinski definition) is 1. The van der Waals surface area contributed by atoms with E-state index in [1.165, 1.54) is 12.0 Å². The second kappa shape index (κ2) is 4.15. The second-order valence-corrected chi connectivity index (χ2v) is 3.46. The molecular formula is C11H17N. The van der Waals surface area contributed by atoms with Crippen LogP contribution in [0.3, 0.4) is 0 Å². The largest absolute Gasteiger partial charge is 0.405 e. The summed E-state index contributed by atoms with van der Waals surface area (Å²) in [6, 6.07) is 0. The lowest BCUT2D eigenvalue weighted by atomic mass is 9.82. The minimum absolute atomic E-state index is 0.659. The highest BCUT2D eigenvalue weighted by Crippen LogP contribution is 2.28. The quantitative estimate of drug-likeness (QED) is 0.631. The van der Waals surface area contributed by atoms with Crippen molar-refractivity contribution >= 4 is 0 Å². The standard InChI is InChI=1S/C11H17N/c1-9-5-3-6-11(10(9)2)7-4-8-12/h3-4,6-10H,5,12H2,1-2H3/b8-4-,11-7-. The molecule has 0 aliphatic heterocycles. The zero-order chi connectivity index (χ0) is 8.97. The Morgan fingerprint density at radius 1 is 1.50 bits per heavy atom. The molecule has 1 aliphatic rings. The molecule has 0 bridgehead atoms. The third-order valence-electron chi connectivity index (χ3n) is 2.60. The molecule has 2 N–H and O–H groups in total. The predicted molar refractivity (Wildman–Crippen MR) is 53.5 cm³/mol. The van der Waals surface area contributed by atoms with Gasteiger partial charge in [-0.3, -0.25) is 0 Å². The van der Waals surface area contributed by atoms with Gasteiger partial charge in [-0.15, -0.1) is 0 Å². The molecule has 66 valence electrons. The maximum atomic E-state index is 5.28. The number of hydrogen-bond acceptors (Lipinski definition) is 1. The van der Waals surface area contributed by atoms with Gasteiger partial charge in [-0.25, -0.2) is 0 Å². The molecule has 1 rings (SSSR count). The van der Waals surface area contributed by atoms with E-state index in [2.05, 4.69) is 32.1 Å². The van der Waals surface area contributed by atoms with Gasteiger partial charge in [0.15, 0.2) is 0 Å². The van der Waals surface area contributed by atoms with E-state index in [-0.39, 0.29) is 0 Å². The van der Waals surface area contributed by atoms with E-state index in [0.29, 0.717) is 5.92 Å². The van der Waals surface area contributed by atoms with Crippen molar-refractivity contribution in [3.63, 3.8) is 0 Å². The molecule has 0 aromatic heterocycles. The Bertz CT molecular complexity index is 223. The molecule has 0 radical (unpaired) electrons. The Hall–Kier alpha value is -0.980. The average molecular weight is 163 g/mol. The van der Waals surface area contributed by atoms with Crippen molar-refractivity contribution in [1.29, 1.82) is 0 Å². The van der Waals surface area contributed by atoms with Crippen LogP contribution in [0.2, 0.25) is 0 Å². The van der Waals surface area contributed by atoms with E-state index >= 15 is 0 Å². The van der Waals surface area contributed by atoms with E-state index in [1.807, 2.05) is 6.08 Å². The summed E-state index contributed by atoms with van der Waals surface area (Å²) >= 11 is 0. The zero-order valence-corrected chi connectivity index (χ0v) is 7.83. The van der Waals surface area contributed by atoms with Gasteiger partial charge in [0.25, 0.3) is 0 Å². The van der Waals surface area contributed by atoms with Crippen molar-refractivity contribution in [3.8, 4) is 0 Å². The molecule has 0 heterocycles. The molecule has 0 aromatic rings. The highest BCUT2D eigenvalue weighted by atomic mass is 14.5. The van der Waals surface area contributed by atoms with E-state index in [4.69, 9.17) is 5.73 Å². The number of allylic oxidation sites excluding steroid dienone is 5. The monoisotopic (exact) mass is 163 g/mol. The minimum atomic E-state index is 0.659. The minimum Gasteiger partial charge on any atom is -0.405 e. The molecule has 1 aliphatic carbocycles. The van der Waals surface area contributed by atoms with Crippen molar-refractivity contribution < 1.29 is 0 Å². The predicted octanol–water partition coefficient (Wildman–Crippen LogP) is 2.62. The maximum Gasteiger partial charge on any atom is -0.00623 e. The van der Waals surface area contributed by atoms with Crippen LogP contribution in [0.5, 0.6) is 0 Å². The molecule has 0 aromatic carbocycles. The van der Waals surface area contributed by atoms with E-state index in [1.54, 1.807) is 6.20 Å². The Morgan fingerprint density at radius 2 is 2.25 bits per heavy atom. The third-order valence-corrected chi connectivity index (χ3v) is 2.60. The summed E-state index contributed by atoms with van der Waals surface area (Å²) in [6.07, 6.45) is 11.2. The fraction of sp³-hybridized carbons (Fsp3) is 0.455. The van der Waals surface area contributed by atoms with Crippen LogP contribution in [0.15, 0.2) is 36.1 Å². The zero-order valence-electron chi connectivity index (χ0n) is 7.83. The summed E-state index contributed by atoms with van der Waals surface area (Å²) in [4.78, 5) is 0. The average Bonchev–Trinajstić information content (AvgIpc) is 2.08. The molecule has 2 atom stereocenters. The summed E-state index contributed by atoms with van der Waals surface area (Å²) in [7, 11) is 0. The van der Waals surface area contributed by atoms with Crippen LogP contribution >= 0.6 is 0 Å². The van der Waals surface area contributed by atoms with Crippen molar-refractivity contribution in [3.05, 3.63) is 36.1 Å². The first kappa shape index (κ1) is 9.11. The Morgan fingerprint density at radius 3 is 2.92 bits per heavy atom. The fourth-order valence-electron chi connectivity index (χ4n) is 1.48. The third kappa shape index (κ3) is 2.00. The summed E-state index contributed by atoms with van der Waals surface area (Å²) < 4.78 is 0. The lowest BCUT2D eigenvalue weighted by Gasteiger charge is -2.23. The first-order valence-corrected chi connectivity index (χ1v) is 4.50. The van der Waals surface area contributed by atoms with Gasteiger partial charge in [0.2, 0.25) is 0 Å². The molecule has 0 spiro atoms. The van der Waals surface area contributed by atoms with Gasteiger partial charge in [-0.05, 0) is 36.1 Å². The number of nitrogens with two attached hydrogens (primary N) is 1. The van der Waals surface area contributed by atoms with Gasteiger partial charge in [0.05, 0.1) is 0 Å². The van der Waals surface area contributed by atoms with Gasteiger partial charge in [0.1, 0.15) is 0 Å². The van der Waals surface area contributed by atoms with Crippen LogP contribution in [-0.4, -0.2) is 0 Å². The van der Waals surface area contributed by atoms with E-state index in [0.717, 1.165) is 5.92 Å². The van der Waals surface area contributed by atoms with Gasteiger partial charge in [-0.2, -0.15) is 0 Å². The van der Waals surface area contributed by atoms with Crippen LogP contribution in [0.1, 0.15) is 20.3 Å². The molecule has 0 saturated heterocycles. The molecule has 0 saturated carbocycles. The van der Waals surface area contributed by atoms with Crippen LogP contribution < -0.4 is 5.73 Å². The van der Waals surface area contributed by atoms with Crippen LogP contribution in [0, 0.1) is 11.8 Å². The molecule has 1 heteroatoms. The molecular weight excluding hydrogens is 146 g/mol. The molecule has 12 heavy (non-hydrogen) atoms. The Balaban J connectivity index is 2.76. The van der Waals surface area contributed by atoms with Crippen molar-refractivity contribution in [1.82, 2.24) is 0 Å². The van der Waals surface area contributed by atoms with Crippen molar-refractivity contribution in [2.75, 3.05) is 0 Å². The molecule has 2 unspecified atom stereocenters. The van der Waals surface area contributed by atoms with Crippen LogP contribution in [-0.2, 0) is 0 Å². The number of rotatable bonds is 1. The summed E-state index contributed by atoms with van der Waals surface area (Å²) in [6.45, 7) is 4.55. The smallest absolute Gasteiger partial charge is 0.00623 e. The first-order chi connectivity index (χ1) is 5.75. The summed E-state index contributed by atoms with van der Waals surface area (Å²) in [5, 5.41) is 0. The topological polar surface area (TPSA) is 26.0 Å². The van der Waals surface area contributed by atoms with E-state index < -0.39 is 0 Å². The van der Waals surface area contributed by atoms with Gasteiger partial charge in [-0.1, -0.05) is 32.1 Å². The highest BCUT2D eigenvalue weighted by molar-refractivity contribution is 5.28. The van der Waals surface area contributed by atoms with Gasteiger partial charge in [0, 0.05) is 0 Å². The van der Waals surface area contributed by atoms with Gasteiger partial charge >= 0.3 is 0 Å². The van der Waals surface area contributed by atoms with E-state index in [9.17, 15) is 0 Å². The van der Waals surface area contributed by atoms with Crippen molar-refractivity contribution in [2.45, 2.75) is 20.3 Å². The molecule has 0 amide bonds. The normalized spacial score (nSPS) is 33.3. The van der Waals surface area contributed by atoms with Crippen molar-refractivity contribution in [2.24, 2.45) is 17.6 Å². The van der Waals surface area contributed by atoms with Gasteiger partial charge < -0.3 is 5.73 Å². The lowest BCUT2D eigenvalue weighted by Crippen LogP contribution is -2.12. The summed E-state index contributed by atoms with van der Waals surface area (Å²) in [5.74, 6) is 1.42. The summed E-state index contributed by atoms with van der Waals surface area (Å²) in [5.41, 5.74) is 6.66. The van der Waals surface area contributed by atoms with Crippen LogP contribution in [0.4, 0.5) is 0 Å². The second-order valence-electron chi connectivity index (χ2n) is 3.46. The maximum absolute atomic E-state index is 5.28. The molecule has 1 nitrogen and oxygen atoms in total. The Labute approximate surface area is 74.7 Å². The SMILES string of the molecule is CC1CC=C/C(=C/C=C\N)C1C. The lowest BCUT2D eigenvalue weighted by molar-refractivity contribution is 0.440. The fourth-order valence-corrected chi connectivity index (χ4v) is 1.48. The Kier molecular flexibility index (Phi) is 3.15. The van der Waals surface area contributed by atoms with Crippen LogP contribution in [0.25, 0.3) is 0 Å².